The van der Waals surface area contributed by atoms with Gasteiger partial charge in [0.2, 0.25) is 0 Å². The number of hydrogen-bond donors (Lipinski definition) is 1. The Morgan fingerprint density at radius 1 is 1.09 bits per heavy atom. The van der Waals surface area contributed by atoms with Crippen LogP contribution >= 0.6 is 11.8 Å². The van der Waals surface area contributed by atoms with Gasteiger partial charge in [0.05, 0.1) is 12.2 Å². The molecular formula is C18H34N2O2S. The summed E-state index contributed by atoms with van der Waals surface area (Å²) in [6.07, 6.45) is 9.27. The summed E-state index contributed by atoms with van der Waals surface area (Å²) >= 11 is 1.89. The molecule has 0 bridgehead atoms. The molecule has 0 radical (unpaired) electrons. The second kappa shape index (κ2) is 9.16. The molecule has 2 aliphatic rings. The van der Waals surface area contributed by atoms with E-state index >= 15 is 0 Å². The van der Waals surface area contributed by atoms with Gasteiger partial charge in [0.15, 0.2) is 0 Å². The van der Waals surface area contributed by atoms with E-state index in [0.717, 1.165) is 38.2 Å². The van der Waals surface area contributed by atoms with Crippen LogP contribution in [0.5, 0.6) is 0 Å². The fourth-order valence-electron chi connectivity index (χ4n) is 3.30. The minimum atomic E-state index is 0.0932. The van der Waals surface area contributed by atoms with Crippen molar-refractivity contribution in [1.82, 2.24) is 10.2 Å². The lowest BCUT2D eigenvalue weighted by atomic mass is 9.97. The van der Waals surface area contributed by atoms with Crippen LogP contribution in [0.2, 0.25) is 0 Å². The van der Waals surface area contributed by atoms with Crippen LogP contribution in [-0.4, -0.2) is 53.3 Å². The number of ether oxygens (including phenoxy) is 1. The molecule has 2 amide bonds. The van der Waals surface area contributed by atoms with Crippen molar-refractivity contribution in [3.63, 3.8) is 0 Å². The number of hydrogen-bond acceptors (Lipinski definition) is 3. The number of likely N-dealkylation sites (tertiary alicyclic amines) is 1. The maximum Gasteiger partial charge on any atom is 0.317 e. The van der Waals surface area contributed by atoms with Crippen LogP contribution in [-0.2, 0) is 4.74 Å². The van der Waals surface area contributed by atoms with Crippen molar-refractivity contribution in [2.24, 2.45) is 0 Å². The molecule has 1 saturated carbocycles. The van der Waals surface area contributed by atoms with E-state index < -0.39 is 0 Å². The van der Waals surface area contributed by atoms with Gasteiger partial charge in [-0.25, -0.2) is 4.79 Å². The third kappa shape index (κ3) is 7.34. The summed E-state index contributed by atoms with van der Waals surface area (Å²) in [5.74, 6) is 0.969. The molecule has 0 aromatic rings. The number of carbonyl (C=O) groups is 1. The average molecular weight is 343 g/mol. The number of nitrogens with zero attached hydrogens (tertiary/aromatic N) is 1. The number of thioether (sulfide) groups is 1. The third-order valence-corrected chi connectivity index (χ3v) is 5.85. The zero-order valence-corrected chi connectivity index (χ0v) is 15.9. The zero-order valence-electron chi connectivity index (χ0n) is 15.1. The molecule has 2 rings (SSSR count). The lowest BCUT2D eigenvalue weighted by Crippen LogP contribution is -2.47. The van der Waals surface area contributed by atoms with Gasteiger partial charge in [-0.2, -0.15) is 11.8 Å². The molecule has 0 unspecified atom stereocenters. The molecule has 4 nitrogen and oxygen atoms in total. The van der Waals surface area contributed by atoms with Crippen molar-refractivity contribution >= 4 is 17.8 Å². The minimum Gasteiger partial charge on any atom is -0.375 e. The quantitative estimate of drug-likeness (QED) is 0.767. The van der Waals surface area contributed by atoms with Crippen LogP contribution < -0.4 is 5.32 Å². The average Bonchev–Trinajstić information content (AvgIpc) is 2.52. The molecule has 0 atom stereocenters. The molecule has 1 aliphatic heterocycles. The number of carbonyl (C=O) groups excluding carboxylic acids is 1. The smallest absolute Gasteiger partial charge is 0.317 e. The van der Waals surface area contributed by atoms with Crippen molar-refractivity contribution in [2.75, 3.05) is 25.4 Å². The Kier molecular flexibility index (Phi) is 7.54. The fraction of sp³-hybridized carbons (Fsp3) is 0.944. The molecule has 134 valence electrons. The molecule has 1 aliphatic carbocycles. The summed E-state index contributed by atoms with van der Waals surface area (Å²) in [4.78, 5) is 14.1. The van der Waals surface area contributed by atoms with Crippen LogP contribution in [0.15, 0.2) is 0 Å². The number of nitrogens with one attached hydrogen (secondary N) is 1. The summed E-state index contributed by atoms with van der Waals surface area (Å²) in [5.41, 5.74) is 0. The molecule has 2 fully saturated rings. The van der Waals surface area contributed by atoms with E-state index in [9.17, 15) is 4.79 Å². The summed E-state index contributed by atoms with van der Waals surface area (Å²) in [6.45, 7) is 9.02. The van der Waals surface area contributed by atoms with Gasteiger partial charge in [0.25, 0.3) is 0 Å². The van der Waals surface area contributed by atoms with E-state index in [4.69, 9.17) is 4.74 Å². The maximum absolute atomic E-state index is 12.2. The van der Waals surface area contributed by atoms with Gasteiger partial charge in [-0.1, -0.05) is 40.0 Å². The molecule has 0 aromatic carbocycles. The van der Waals surface area contributed by atoms with Crippen LogP contribution in [0.3, 0.4) is 0 Å². The van der Waals surface area contributed by atoms with Crippen molar-refractivity contribution in [1.29, 1.82) is 0 Å². The van der Waals surface area contributed by atoms with Gasteiger partial charge in [-0.3, -0.25) is 0 Å². The van der Waals surface area contributed by atoms with E-state index in [0.29, 0.717) is 12.2 Å². The fourth-order valence-corrected chi connectivity index (χ4v) is 4.11. The van der Waals surface area contributed by atoms with Gasteiger partial charge >= 0.3 is 6.03 Å². The number of urea groups is 1. The standard InChI is InChI=1S/C18H34N2O2S/c1-18(2,3)23-14-11-19-17(21)20-12-9-16(10-13-20)22-15-7-5-4-6-8-15/h15-16H,4-14H2,1-3H3,(H,19,21). The first-order chi connectivity index (χ1) is 10.9. The largest absolute Gasteiger partial charge is 0.375 e. The van der Waals surface area contributed by atoms with Gasteiger partial charge in [-0.05, 0) is 25.7 Å². The van der Waals surface area contributed by atoms with Gasteiger partial charge < -0.3 is 15.0 Å². The highest BCUT2D eigenvalue weighted by Crippen LogP contribution is 2.25. The van der Waals surface area contributed by atoms with Crippen LogP contribution in [0.4, 0.5) is 4.79 Å². The SMILES string of the molecule is CC(C)(C)SCCNC(=O)N1CCC(OC2CCCCC2)CC1. The van der Waals surface area contributed by atoms with E-state index in [1.807, 2.05) is 16.7 Å². The highest BCUT2D eigenvalue weighted by molar-refractivity contribution is 8.00. The summed E-state index contributed by atoms with van der Waals surface area (Å²) in [7, 11) is 0. The molecule has 1 N–H and O–H groups in total. The second-order valence-electron chi connectivity index (χ2n) is 7.78. The monoisotopic (exact) mass is 342 g/mol. The Hall–Kier alpha value is -0.420. The van der Waals surface area contributed by atoms with E-state index in [-0.39, 0.29) is 10.8 Å². The summed E-state index contributed by atoms with van der Waals surface area (Å²) in [5, 5.41) is 3.05. The number of rotatable bonds is 5. The summed E-state index contributed by atoms with van der Waals surface area (Å²) < 4.78 is 6.50. The van der Waals surface area contributed by atoms with Crippen molar-refractivity contribution < 1.29 is 9.53 Å². The lowest BCUT2D eigenvalue weighted by Gasteiger charge is -2.35. The normalized spacial score (nSPS) is 21.4. The number of piperidine rings is 1. The van der Waals surface area contributed by atoms with Gasteiger partial charge in [-0.15, -0.1) is 0 Å². The Morgan fingerprint density at radius 3 is 2.30 bits per heavy atom. The van der Waals surface area contributed by atoms with Crippen molar-refractivity contribution in [3.8, 4) is 0 Å². The maximum atomic E-state index is 12.2. The summed E-state index contributed by atoms with van der Waals surface area (Å²) in [6, 6.07) is 0.0932. The molecule has 0 aromatic heterocycles. The minimum absolute atomic E-state index is 0.0932. The van der Waals surface area contributed by atoms with Gasteiger partial charge in [0, 0.05) is 30.1 Å². The predicted octanol–water partition coefficient (Wildman–Crippen LogP) is 4.04. The zero-order chi connectivity index (χ0) is 16.7. The molecule has 0 spiro atoms. The molecule has 1 heterocycles. The Balaban J connectivity index is 1.58. The Morgan fingerprint density at radius 2 is 1.70 bits per heavy atom. The van der Waals surface area contributed by atoms with Crippen molar-refractivity contribution in [2.45, 2.75) is 82.7 Å². The Labute approximate surface area is 146 Å². The Bertz CT molecular complexity index is 357. The third-order valence-electron chi connectivity index (χ3n) is 4.58. The van der Waals surface area contributed by atoms with Crippen LogP contribution in [0, 0.1) is 0 Å². The van der Waals surface area contributed by atoms with Crippen LogP contribution in [0.1, 0.15) is 65.7 Å². The molecule has 1 saturated heterocycles. The molecule has 23 heavy (non-hydrogen) atoms. The van der Waals surface area contributed by atoms with Crippen LogP contribution in [0.25, 0.3) is 0 Å². The predicted molar refractivity (Wildman–Crippen MR) is 98.2 cm³/mol. The number of amides is 2. The highest BCUT2D eigenvalue weighted by atomic mass is 32.2. The van der Waals surface area contributed by atoms with E-state index in [2.05, 4.69) is 26.1 Å². The topological polar surface area (TPSA) is 41.6 Å². The first-order valence-corrected chi connectivity index (χ1v) is 10.2. The highest BCUT2D eigenvalue weighted by Gasteiger charge is 2.26. The first-order valence-electron chi connectivity index (χ1n) is 9.26. The molecule has 5 heteroatoms. The lowest BCUT2D eigenvalue weighted by molar-refractivity contribution is -0.0514. The van der Waals surface area contributed by atoms with Gasteiger partial charge in [0.1, 0.15) is 0 Å². The van der Waals surface area contributed by atoms with Crippen molar-refractivity contribution in [3.05, 3.63) is 0 Å². The van der Waals surface area contributed by atoms with E-state index in [1.54, 1.807) is 0 Å². The first kappa shape index (κ1) is 18.9. The second-order valence-corrected chi connectivity index (χ2v) is 9.70. The van der Waals surface area contributed by atoms with E-state index in [1.165, 1.54) is 32.1 Å². The molecular weight excluding hydrogens is 308 g/mol.